The fourth-order valence-electron chi connectivity index (χ4n) is 6.18. The van der Waals surface area contributed by atoms with Crippen LogP contribution in [0.2, 0.25) is 0 Å². The molecule has 1 heterocycles. The lowest BCUT2D eigenvalue weighted by molar-refractivity contribution is -0.146. The largest absolute Gasteiger partial charge is 0.356 e. The van der Waals surface area contributed by atoms with E-state index in [-0.39, 0.29) is 42.0 Å². The van der Waals surface area contributed by atoms with E-state index in [1.54, 1.807) is 27.8 Å². The van der Waals surface area contributed by atoms with E-state index in [0.29, 0.717) is 19.4 Å². The monoisotopic (exact) mass is 587 g/mol. The van der Waals surface area contributed by atoms with Gasteiger partial charge in [-0.3, -0.25) is 28.8 Å². The molecule has 4 fully saturated rings. The minimum Gasteiger partial charge on any atom is -0.356 e. The number of nitrogens with one attached hydrogen (secondary N) is 4. The van der Waals surface area contributed by atoms with Crippen molar-refractivity contribution in [2.45, 2.75) is 122 Å². The summed E-state index contributed by atoms with van der Waals surface area (Å²) in [5.41, 5.74) is -0.681. The first-order chi connectivity index (χ1) is 19.8. The number of hydrogen-bond acceptors (Lipinski definition) is 6. The molecule has 0 spiro atoms. The molecule has 4 aliphatic rings. The van der Waals surface area contributed by atoms with E-state index in [0.717, 1.165) is 57.8 Å². The van der Waals surface area contributed by atoms with Crippen LogP contribution in [-0.4, -0.2) is 78.0 Å². The number of likely N-dealkylation sites (N-methyl/N-ethyl adjacent to an activating group) is 1. The van der Waals surface area contributed by atoms with Crippen LogP contribution < -0.4 is 21.3 Å². The Balaban J connectivity index is 1.54. The number of Topliss-reactive ketones (excluding diaryl/α,β-unsaturated/α-hetero) is 1. The van der Waals surface area contributed by atoms with Gasteiger partial charge in [0.1, 0.15) is 12.1 Å². The van der Waals surface area contributed by atoms with Gasteiger partial charge in [0.25, 0.3) is 5.91 Å². The molecule has 5 amide bonds. The molecule has 4 atom stereocenters. The van der Waals surface area contributed by atoms with Crippen molar-refractivity contribution in [1.82, 2.24) is 26.2 Å². The van der Waals surface area contributed by atoms with E-state index >= 15 is 0 Å². The summed E-state index contributed by atoms with van der Waals surface area (Å²) in [4.78, 5) is 80.7. The highest BCUT2D eigenvalue weighted by atomic mass is 16.2. The molecular weight excluding hydrogens is 538 g/mol. The van der Waals surface area contributed by atoms with Crippen molar-refractivity contribution < 1.29 is 28.8 Å². The summed E-state index contributed by atoms with van der Waals surface area (Å²) in [6.45, 7) is 5.89. The van der Waals surface area contributed by atoms with Gasteiger partial charge in [0, 0.05) is 31.0 Å². The molecule has 4 N–H and O–H groups in total. The van der Waals surface area contributed by atoms with E-state index in [4.69, 9.17) is 0 Å². The minimum atomic E-state index is -1.18. The van der Waals surface area contributed by atoms with Crippen molar-refractivity contribution >= 4 is 35.3 Å². The van der Waals surface area contributed by atoms with Crippen LogP contribution in [0.25, 0.3) is 0 Å². The summed E-state index contributed by atoms with van der Waals surface area (Å²) in [6.07, 6.45) is 9.16. The van der Waals surface area contributed by atoms with E-state index in [1.165, 1.54) is 4.90 Å². The lowest BCUT2D eigenvalue weighted by atomic mass is 9.80. The Morgan fingerprint density at radius 2 is 1.57 bits per heavy atom. The van der Waals surface area contributed by atoms with Crippen molar-refractivity contribution in [3.63, 3.8) is 0 Å². The van der Waals surface area contributed by atoms with E-state index < -0.39 is 47.1 Å². The molecule has 0 unspecified atom stereocenters. The second-order valence-corrected chi connectivity index (χ2v) is 13.9. The number of carbonyl (C=O) groups is 6. The molecular formula is C31H49N5O6. The average Bonchev–Trinajstić information content (AvgIpc) is 3.37. The molecule has 1 saturated heterocycles. The van der Waals surface area contributed by atoms with Gasteiger partial charge in [0.15, 0.2) is 0 Å². The van der Waals surface area contributed by atoms with Crippen molar-refractivity contribution in [3.05, 3.63) is 0 Å². The van der Waals surface area contributed by atoms with Crippen molar-refractivity contribution in [1.29, 1.82) is 0 Å². The summed E-state index contributed by atoms with van der Waals surface area (Å²) in [5.74, 6) is -3.01. The summed E-state index contributed by atoms with van der Waals surface area (Å²) in [6, 6.07) is -2.83. The van der Waals surface area contributed by atoms with Crippen LogP contribution in [0.15, 0.2) is 0 Å². The SMILES string of the molecule is CN(C(=O)[C@H](NC(=O)C(C)(C)C)C1CCCC1)[C@@H](CC1CCC1)C(=O)N[C@@H](C[C@@H]1CCNC1=O)C(=O)C(=O)NC1CC1. The molecule has 3 saturated carbocycles. The number of amides is 5. The van der Waals surface area contributed by atoms with Gasteiger partial charge in [-0.1, -0.05) is 52.9 Å². The highest BCUT2D eigenvalue weighted by Crippen LogP contribution is 2.33. The van der Waals surface area contributed by atoms with Gasteiger partial charge in [0.05, 0.1) is 6.04 Å². The molecule has 11 heteroatoms. The molecule has 234 valence electrons. The van der Waals surface area contributed by atoms with Gasteiger partial charge in [-0.25, -0.2) is 0 Å². The minimum absolute atomic E-state index is 0.0139. The standard InChI is InChI=1S/C31H49N5O6/c1-31(2,3)30(42)35-24(19-10-5-6-11-19)29(41)36(4)23(16-18-8-7-9-18)27(39)34-22(17-20-14-15-32-26(20)38)25(37)28(40)33-21-12-13-21/h18-24H,5-17H2,1-4H3,(H,32,38)(H,33,40)(H,34,39)(H,35,42)/t20-,22-,23-,24+/m0/s1. The lowest BCUT2D eigenvalue weighted by Crippen LogP contribution is -2.59. The molecule has 1 aliphatic heterocycles. The number of nitrogens with zero attached hydrogens (tertiary/aromatic N) is 1. The maximum absolute atomic E-state index is 14.1. The Kier molecular flexibility index (Phi) is 10.3. The van der Waals surface area contributed by atoms with Crippen LogP contribution in [0.1, 0.15) is 97.8 Å². The third kappa shape index (κ3) is 8.10. The maximum Gasteiger partial charge on any atom is 0.289 e. The molecule has 42 heavy (non-hydrogen) atoms. The Bertz CT molecular complexity index is 1060. The Labute approximate surface area is 249 Å². The van der Waals surface area contributed by atoms with E-state index in [1.807, 2.05) is 0 Å². The van der Waals surface area contributed by atoms with Crippen LogP contribution in [-0.2, 0) is 28.8 Å². The van der Waals surface area contributed by atoms with Crippen molar-refractivity contribution in [2.24, 2.45) is 23.2 Å². The van der Waals surface area contributed by atoms with Crippen LogP contribution >= 0.6 is 0 Å². The summed E-state index contributed by atoms with van der Waals surface area (Å²) in [5, 5.41) is 11.2. The Hall–Kier alpha value is -2.98. The maximum atomic E-state index is 14.1. The molecule has 3 aliphatic carbocycles. The third-order valence-corrected chi connectivity index (χ3v) is 9.46. The molecule has 0 radical (unpaired) electrons. The summed E-state index contributed by atoms with van der Waals surface area (Å²) >= 11 is 0. The molecule has 0 aromatic carbocycles. The van der Waals surface area contributed by atoms with Crippen LogP contribution in [0.4, 0.5) is 0 Å². The normalized spacial score (nSPS) is 23.2. The quantitative estimate of drug-likeness (QED) is 0.240. The van der Waals surface area contributed by atoms with Gasteiger partial charge in [-0.05, 0) is 56.8 Å². The summed E-state index contributed by atoms with van der Waals surface area (Å²) < 4.78 is 0. The van der Waals surface area contributed by atoms with Crippen molar-refractivity contribution in [2.75, 3.05) is 13.6 Å². The Morgan fingerprint density at radius 1 is 0.905 bits per heavy atom. The Morgan fingerprint density at radius 3 is 2.10 bits per heavy atom. The van der Waals surface area contributed by atoms with Crippen molar-refractivity contribution in [3.8, 4) is 0 Å². The number of ketones is 1. The number of carbonyl (C=O) groups excluding carboxylic acids is 6. The summed E-state index contributed by atoms with van der Waals surface area (Å²) in [7, 11) is 1.59. The van der Waals surface area contributed by atoms with E-state index in [2.05, 4.69) is 21.3 Å². The first-order valence-electron chi connectivity index (χ1n) is 15.9. The van der Waals surface area contributed by atoms with E-state index in [9.17, 15) is 28.8 Å². The fraction of sp³-hybridized carbons (Fsp3) is 0.806. The van der Waals surface area contributed by atoms with Crippen LogP contribution in [0.3, 0.4) is 0 Å². The van der Waals surface area contributed by atoms with Crippen LogP contribution in [0.5, 0.6) is 0 Å². The van der Waals surface area contributed by atoms with Gasteiger partial charge >= 0.3 is 0 Å². The highest BCUT2D eigenvalue weighted by Gasteiger charge is 2.42. The van der Waals surface area contributed by atoms with Gasteiger partial charge in [-0.15, -0.1) is 0 Å². The van der Waals surface area contributed by atoms with Gasteiger partial charge in [-0.2, -0.15) is 0 Å². The second kappa shape index (κ2) is 13.5. The fourth-order valence-corrected chi connectivity index (χ4v) is 6.18. The molecule has 11 nitrogen and oxygen atoms in total. The smallest absolute Gasteiger partial charge is 0.289 e. The first-order valence-corrected chi connectivity index (χ1v) is 15.9. The van der Waals surface area contributed by atoms with Gasteiger partial charge < -0.3 is 26.2 Å². The molecule has 4 rings (SSSR count). The zero-order valence-electron chi connectivity index (χ0n) is 25.6. The van der Waals surface area contributed by atoms with Gasteiger partial charge in [0.2, 0.25) is 29.4 Å². The molecule has 0 aromatic heterocycles. The molecule has 0 aromatic rings. The number of rotatable bonds is 13. The molecule has 0 bridgehead atoms. The first kappa shape index (κ1) is 31.9. The zero-order valence-corrected chi connectivity index (χ0v) is 25.6. The topological polar surface area (TPSA) is 154 Å². The lowest BCUT2D eigenvalue weighted by Gasteiger charge is -2.37. The predicted octanol–water partition coefficient (Wildman–Crippen LogP) is 1.58. The highest BCUT2D eigenvalue weighted by molar-refractivity contribution is 6.38. The average molecular weight is 588 g/mol. The number of hydrogen-bond donors (Lipinski definition) is 4. The second-order valence-electron chi connectivity index (χ2n) is 13.9. The van der Waals surface area contributed by atoms with Crippen LogP contribution in [0, 0.1) is 23.2 Å². The predicted molar refractivity (Wildman–Crippen MR) is 156 cm³/mol. The zero-order chi connectivity index (χ0) is 30.6. The third-order valence-electron chi connectivity index (χ3n) is 9.46.